The quantitative estimate of drug-likeness (QED) is 0.578. The molecule has 0 amide bonds. The van der Waals surface area contributed by atoms with Crippen LogP contribution in [0.15, 0.2) is 42.5 Å². The molecule has 4 nitrogen and oxygen atoms in total. The first-order chi connectivity index (χ1) is 12.8. The molecule has 3 rings (SSSR count). The van der Waals surface area contributed by atoms with Crippen LogP contribution in [-0.2, 0) is 6.54 Å². The Morgan fingerprint density at radius 1 is 1.15 bits per heavy atom. The summed E-state index contributed by atoms with van der Waals surface area (Å²) in [6.45, 7) is 3.87. The maximum Gasteiger partial charge on any atom is 0.175 e. The number of hydrogen-bond donors (Lipinski definition) is 2. The van der Waals surface area contributed by atoms with E-state index in [1.54, 1.807) is 28.9 Å². The van der Waals surface area contributed by atoms with Gasteiger partial charge in [-0.2, -0.15) is 5.10 Å². The Hall–Kier alpha value is -2.51. The van der Waals surface area contributed by atoms with Crippen molar-refractivity contribution in [3.63, 3.8) is 0 Å². The zero-order valence-corrected chi connectivity index (χ0v) is 16.3. The van der Waals surface area contributed by atoms with Crippen LogP contribution >= 0.6 is 23.8 Å². The number of rotatable bonds is 4. The highest BCUT2D eigenvalue weighted by Crippen LogP contribution is 2.24. The van der Waals surface area contributed by atoms with E-state index in [2.05, 4.69) is 15.7 Å². The summed E-state index contributed by atoms with van der Waals surface area (Å²) < 4.78 is 29.0. The van der Waals surface area contributed by atoms with E-state index in [1.165, 1.54) is 18.2 Å². The van der Waals surface area contributed by atoms with Crippen molar-refractivity contribution in [2.45, 2.75) is 20.4 Å². The number of hydrogen-bond acceptors (Lipinski definition) is 2. The van der Waals surface area contributed by atoms with Gasteiger partial charge in [0.1, 0.15) is 11.6 Å². The first kappa shape index (κ1) is 19.3. The van der Waals surface area contributed by atoms with E-state index in [0.717, 1.165) is 5.69 Å². The summed E-state index contributed by atoms with van der Waals surface area (Å²) in [5, 5.41) is 11.1. The average molecular weight is 407 g/mol. The molecule has 1 aromatic heterocycles. The SMILES string of the molecule is Cc1nn(Cc2c(F)cccc2Cl)c(C)c1NC(=S)Nc1cccc(F)c1. The summed E-state index contributed by atoms with van der Waals surface area (Å²) in [7, 11) is 0. The number of halogens is 3. The maximum atomic E-state index is 14.1. The lowest BCUT2D eigenvalue weighted by Gasteiger charge is -2.12. The molecule has 0 atom stereocenters. The van der Waals surface area contributed by atoms with Crippen molar-refractivity contribution in [3.8, 4) is 0 Å². The number of anilines is 2. The molecule has 140 valence electrons. The van der Waals surface area contributed by atoms with Gasteiger partial charge in [0.2, 0.25) is 0 Å². The van der Waals surface area contributed by atoms with Gasteiger partial charge in [-0.3, -0.25) is 4.68 Å². The normalized spacial score (nSPS) is 10.7. The van der Waals surface area contributed by atoms with Gasteiger partial charge in [-0.1, -0.05) is 23.7 Å². The lowest BCUT2D eigenvalue weighted by atomic mass is 10.2. The van der Waals surface area contributed by atoms with Crippen LogP contribution in [0.2, 0.25) is 5.02 Å². The van der Waals surface area contributed by atoms with Gasteiger partial charge in [-0.05, 0) is 56.4 Å². The number of benzene rings is 2. The molecule has 0 aliphatic rings. The van der Waals surface area contributed by atoms with Crippen molar-refractivity contribution in [1.82, 2.24) is 9.78 Å². The third-order valence-corrected chi connectivity index (χ3v) is 4.63. The second-order valence-electron chi connectivity index (χ2n) is 5.99. The molecule has 2 aromatic carbocycles. The molecule has 0 aliphatic carbocycles. The number of nitrogens with one attached hydrogen (secondary N) is 2. The molecular weight excluding hydrogens is 390 g/mol. The van der Waals surface area contributed by atoms with E-state index in [4.69, 9.17) is 23.8 Å². The van der Waals surface area contributed by atoms with Crippen LogP contribution in [-0.4, -0.2) is 14.9 Å². The van der Waals surface area contributed by atoms with E-state index >= 15 is 0 Å². The summed E-state index contributed by atoms with van der Waals surface area (Å²) >= 11 is 11.4. The average Bonchev–Trinajstić information content (AvgIpc) is 2.86. The van der Waals surface area contributed by atoms with E-state index in [-0.39, 0.29) is 18.2 Å². The van der Waals surface area contributed by atoms with Gasteiger partial charge >= 0.3 is 0 Å². The number of aryl methyl sites for hydroxylation is 1. The highest BCUT2D eigenvalue weighted by atomic mass is 35.5. The minimum absolute atomic E-state index is 0.198. The Balaban J connectivity index is 1.78. The first-order valence-electron chi connectivity index (χ1n) is 8.15. The van der Waals surface area contributed by atoms with E-state index in [9.17, 15) is 8.78 Å². The topological polar surface area (TPSA) is 41.9 Å². The molecule has 0 spiro atoms. The monoisotopic (exact) mass is 406 g/mol. The largest absolute Gasteiger partial charge is 0.332 e. The molecule has 1 heterocycles. The molecule has 0 unspecified atom stereocenters. The Morgan fingerprint density at radius 3 is 2.59 bits per heavy atom. The molecule has 0 aliphatic heterocycles. The van der Waals surface area contributed by atoms with Gasteiger partial charge in [-0.15, -0.1) is 0 Å². The molecular formula is C19H17ClF2N4S. The van der Waals surface area contributed by atoms with Crippen LogP contribution in [0.1, 0.15) is 17.0 Å². The van der Waals surface area contributed by atoms with Crippen LogP contribution < -0.4 is 10.6 Å². The van der Waals surface area contributed by atoms with Gasteiger partial charge < -0.3 is 10.6 Å². The number of nitrogens with zero attached hydrogens (tertiary/aromatic N) is 2. The van der Waals surface area contributed by atoms with Crippen LogP contribution in [0.3, 0.4) is 0 Å². The second kappa shape index (κ2) is 8.02. The Bertz CT molecular complexity index is 983. The van der Waals surface area contributed by atoms with Crippen LogP contribution in [0.4, 0.5) is 20.2 Å². The minimum Gasteiger partial charge on any atom is -0.332 e. The van der Waals surface area contributed by atoms with Crippen molar-refractivity contribution >= 4 is 40.3 Å². The maximum absolute atomic E-state index is 14.1. The molecule has 8 heteroatoms. The third-order valence-electron chi connectivity index (χ3n) is 4.07. The smallest absolute Gasteiger partial charge is 0.175 e. The van der Waals surface area contributed by atoms with E-state index in [0.29, 0.717) is 32.8 Å². The zero-order chi connectivity index (χ0) is 19.6. The highest BCUT2D eigenvalue weighted by molar-refractivity contribution is 7.80. The first-order valence-corrected chi connectivity index (χ1v) is 8.94. The van der Waals surface area contributed by atoms with Crippen molar-refractivity contribution in [2.75, 3.05) is 10.6 Å². The predicted molar refractivity (Wildman–Crippen MR) is 108 cm³/mol. The van der Waals surface area contributed by atoms with Crippen molar-refractivity contribution in [1.29, 1.82) is 0 Å². The van der Waals surface area contributed by atoms with Crippen LogP contribution in [0, 0.1) is 25.5 Å². The predicted octanol–water partition coefficient (Wildman–Crippen LogP) is 5.29. The molecule has 3 aromatic rings. The Kier molecular flexibility index (Phi) is 5.72. The fourth-order valence-corrected chi connectivity index (χ4v) is 3.15. The van der Waals surface area contributed by atoms with Crippen molar-refractivity contribution in [2.24, 2.45) is 0 Å². The van der Waals surface area contributed by atoms with Crippen molar-refractivity contribution in [3.05, 3.63) is 76.1 Å². The fourth-order valence-electron chi connectivity index (χ4n) is 2.71. The lowest BCUT2D eigenvalue weighted by molar-refractivity contribution is 0.579. The molecule has 0 fully saturated rings. The molecule has 0 saturated carbocycles. The lowest BCUT2D eigenvalue weighted by Crippen LogP contribution is -2.20. The summed E-state index contributed by atoms with van der Waals surface area (Å²) in [5.41, 5.74) is 3.08. The Morgan fingerprint density at radius 2 is 1.89 bits per heavy atom. The van der Waals surface area contributed by atoms with Gasteiger partial charge in [0.05, 0.1) is 23.6 Å². The molecule has 2 N–H and O–H groups in total. The summed E-state index contributed by atoms with van der Waals surface area (Å²) in [5.74, 6) is -0.738. The fraction of sp³-hybridized carbons (Fsp3) is 0.158. The molecule has 0 saturated heterocycles. The van der Waals surface area contributed by atoms with E-state index < -0.39 is 0 Å². The highest BCUT2D eigenvalue weighted by Gasteiger charge is 2.16. The second-order valence-corrected chi connectivity index (χ2v) is 6.81. The minimum atomic E-state index is -0.382. The summed E-state index contributed by atoms with van der Waals surface area (Å²) in [6.07, 6.45) is 0. The van der Waals surface area contributed by atoms with Gasteiger partial charge in [0, 0.05) is 16.3 Å². The molecule has 0 radical (unpaired) electrons. The summed E-state index contributed by atoms with van der Waals surface area (Å²) in [6, 6.07) is 10.6. The van der Waals surface area contributed by atoms with Crippen LogP contribution in [0.25, 0.3) is 0 Å². The standard InChI is InChI=1S/C19H17ClF2N4S/c1-11-18(24-19(27)23-14-6-3-5-13(21)9-14)12(2)26(25-11)10-15-16(20)7-4-8-17(15)22/h3-9H,10H2,1-2H3,(H2,23,24,27). The van der Waals surface area contributed by atoms with Gasteiger partial charge in [0.15, 0.2) is 5.11 Å². The van der Waals surface area contributed by atoms with Gasteiger partial charge in [0.25, 0.3) is 0 Å². The molecule has 27 heavy (non-hydrogen) atoms. The van der Waals surface area contributed by atoms with Crippen LogP contribution in [0.5, 0.6) is 0 Å². The third kappa shape index (κ3) is 4.43. The summed E-state index contributed by atoms with van der Waals surface area (Å²) in [4.78, 5) is 0. The Labute approximate surface area is 166 Å². The zero-order valence-electron chi connectivity index (χ0n) is 14.7. The number of thiocarbonyl (C=S) groups is 1. The van der Waals surface area contributed by atoms with Gasteiger partial charge in [-0.25, -0.2) is 8.78 Å². The number of aromatic nitrogens is 2. The molecule has 0 bridgehead atoms. The van der Waals surface area contributed by atoms with E-state index in [1.807, 2.05) is 13.8 Å². The van der Waals surface area contributed by atoms with Crippen molar-refractivity contribution < 1.29 is 8.78 Å².